The molecule has 134 valence electrons. The van der Waals surface area contributed by atoms with Crippen molar-refractivity contribution in [3.8, 4) is 11.4 Å². The average Bonchev–Trinajstić information content (AvgIpc) is 3.04. The van der Waals surface area contributed by atoms with Crippen LogP contribution in [0, 0.1) is 13.8 Å². The van der Waals surface area contributed by atoms with Crippen molar-refractivity contribution in [1.82, 2.24) is 15.1 Å². The van der Waals surface area contributed by atoms with Gasteiger partial charge in [-0.25, -0.2) is 4.68 Å². The lowest BCUT2D eigenvalue weighted by molar-refractivity contribution is 0.0953. The Morgan fingerprint density at radius 2 is 1.92 bits per heavy atom. The van der Waals surface area contributed by atoms with Crippen molar-refractivity contribution in [2.45, 2.75) is 20.3 Å². The van der Waals surface area contributed by atoms with Gasteiger partial charge in [0, 0.05) is 6.54 Å². The van der Waals surface area contributed by atoms with Crippen LogP contribution in [0.5, 0.6) is 5.75 Å². The Morgan fingerprint density at radius 3 is 2.65 bits per heavy atom. The molecular formula is C21H23N3O2. The van der Waals surface area contributed by atoms with Crippen LogP contribution in [-0.2, 0) is 6.42 Å². The number of carbonyl (C=O) groups is 1. The minimum atomic E-state index is -0.115. The number of carbonyl (C=O) groups excluding carboxylic acids is 1. The first-order chi connectivity index (χ1) is 12.6. The second-order valence-electron chi connectivity index (χ2n) is 6.21. The maximum absolute atomic E-state index is 12.5. The number of rotatable bonds is 6. The quantitative estimate of drug-likeness (QED) is 0.741. The number of hydrogen-bond acceptors (Lipinski definition) is 3. The number of aromatic nitrogens is 2. The molecule has 1 amide bonds. The zero-order valence-electron chi connectivity index (χ0n) is 15.3. The number of nitrogens with one attached hydrogen (secondary N) is 1. The molecule has 26 heavy (non-hydrogen) atoms. The molecule has 0 fully saturated rings. The highest BCUT2D eigenvalue weighted by Crippen LogP contribution is 2.20. The van der Waals surface area contributed by atoms with Gasteiger partial charge in [0.05, 0.1) is 30.3 Å². The molecule has 0 aliphatic rings. The number of nitrogens with zero attached hydrogens (tertiary/aromatic N) is 2. The topological polar surface area (TPSA) is 56.1 Å². The summed E-state index contributed by atoms with van der Waals surface area (Å²) in [4.78, 5) is 12.5. The maximum Gasteiger partial charge on any atom is 0.254 e. The average molecular weight is 349 g/mol. The highest BCUT2D eigenvalue weighted by Gasteiger charge is 2.15. The molecule has 1 N–H and O–H groups in total. The van der Waals surface area contributed by atoms with E-state index >= 15 is 0 Å². The van der Waals surface area contributed by atoms with Crippen LogP contribution in [0.3, 0.4) is 0 Å². The Kier molecular flexibility index (Phi) is 5.37. The Labute approximate surface area is 153 Å². The van der Waals surface area contributed by atoms with Gasteiger partial charge < -0.3 is 10.1 Å². The van der Waals surface area contributed by atoms with Crippen molar-refractivity contribution >= 4 is 5.91 Å². The third-order valence-electron chi connectivity index (χ3n) is 4.37. The van der Waals surface area contributed by atoms with Crippen LogP contribution < -0.4 is 10.1 Å². The monoisotopic (exact) mass is 349 g/mol. The van der Waals surface area contributed by atoms with E-state index in [1.54, 1.807) is 18.0 Å². The molecule has 1 heterocycles. The van der Waals surface area contributed by atoms with Crippen LogP contribution in [0.15, 0.2) is 54.7 Å². The van der Waals surface area contributed by atoms with Gasteiger partial charge in [0.1, 0.15) is 5.75 Å². The van der Waals surface area contributed by atoms with E-state index in [1.165, 1.54) is 5.56 Å². The molecule has 5 heteroatoms. The minimum absolute atomic E-state index is 0.115. The van der Waals surface area contributed by atoms with Gasteiger partial charge >= 0.3 is 0 Å². The van der Waals surface area contributed by atoms with Gasteiger partial charge in [0.2, 0.25) is 0 Å². The summed E-state index contributed by atoms with van der Waals surface area (Å²) in [5, 5.41) is 7.32. The van der Waals surface area contributed by atoms with E-state index < -0.39 is 0 Å². The fraction of sp³-hybridized carbons (Fsp3) is 0.238. The van der Waals surface area contributed by atoms with E-state index in [9.17, 15) is 4.79 Å². The lowest BCUT2D eigenvalue weighted by Gasteiger charge is -2.10. The number of ether oxygens (including phenoxy) is 1. The van der Waals surface area contributed by atoms with Crippen molar-refractivity contribution in [3.63, 3.8) is 0 Å². The zero-order valence-corrected chi connectivity index (χ0v) is 15.3. The second-order valence-corrected chi connectivity index (χ2v) is 6.21. The van der Waals surface area contributed by atoms with Gasteiger partial charge in [-0.2, -0.15) is 5.10 Å². The first-order valence-corrected chi connectivity index (χ1v) is 8.62. The molecule has 0 aliphatic heterocycles. The number of amides is 1. The highest BCUT2D eigenvalue weighted by atomic mass is 16.5. The molecule has 5 nitrogen and oxygen atoms in total. The van der Waals surface area contributed by atoms with Gasteiger partial charge in [0.15, 0.2) is 0 Å². The van der Waals surface area contributed by atoms with Crippen LogP contribution in [-0.4, -0.2) is 29.3 Å². The van der Waals surface area contributed by atoms with Crippen molar-refractivity contribution < 1.29 is 9.53 Å². The molecule has 0 bridgehead atoms. The Bertz CT molecular complexity index is 901. The standard InChI is InChI=1S/C21H23N3O2/c1-15-9-10-20(26-3)17(13-15)11-12-22-21(25)19-14-23-24(16(19)2)18-7-5-4-6-8-18/h4-10,13-14H,11-12H2,1-3H3,(H,22,25). The third kappa shape index (κ3) is 3.77. The van der Waals surface area contributed by atoms with Crippen molar-refractivity contribution in [2.24, 2.45) is 0 Å². The maximum atomic E-state index is 12.5. The molecular weight excluding hydrogens is 326 g/mol. The summed E-state index contributed by atoms with van der Waals surface area (Å²) in [6.07, 6.45) is 2.33. The van der Waals surface area contributed by atoms with E-state index in [0.29, 0.717) is 18.5 Å². The van der Waals surface area contributed by atoms with Crippen molar-refractivity contribution in [2.75, 3.05) is 13.7 Å². The number of benzene rings is 2. The van der Waals surface area contributed by atoms with Crippen molar-refractivity contribution in [1.29, 1.82) is 0 Å². The van der Waals surface area contributed by atoms with Crippen LogP contribution >= 0.6 is 0 Å². The predicted octanol–water partition coefficient (Wildman–Crippen LogP) is 3.47. The summed E-state index contributed by atoms with van der Waals surface area (Å²) in [5.74, 6) is 0.731. The lowest BCUT2D eigenvalue weighted by atomic mass is 10.1. The van der Waals surface area contributed by atoms with Crippen LogP contribution in [0.4, 0.5) is 0 Å². The molecule has 0 unspecified atom stereocenters. The summed E-state index contributed by atoms with van der Waals surface area (Å²) in [6, 6.07) is 15.8. The Hall–Kier alpha value is -3.08. The first-order valence-electron chi connectivity index (χ1n) is 8.62. The number of hydrogen-bond donors (Lipinski definition) is 1. The molecule has 0 spiro atoms. The van der Waals surface area contributed by atoms with E-state index in [-0.39, 0.29) is 5.91 Å². The zero-order chi connectivity index (χ0) is 18.5. The normalized spacial score (nSPS) is 10.6. The smallest absolute Gasteiger partial charge is 0.254 e. The Balaban J connectivity index is 1.66. The molecule has 0 saturated carbocycles. The summed E-state index contributed by atoms with van der Waals surface area (Å²) >= 11 is 0. The predicted molar refractivity (Wildman–Crippen MR) is 102 cm³/mol. The molecule has 0 saturated heterocycles. The summed E-state index contributed by atoms with van der Waals surface area (Å²) in [6.45, 7) is 4.48. The van der Waals surface area contributed by atoms with Gasteiger partial charge in [-0.15, -0.1) is 0 Å². The summed E-state index contributed by atoms with van der Waals surface area (Å²) in [7, 11) is 1.66. The molecule has 3 rings (SSSR count). The fourth-order valence-corrected chi connectivity index (χ4v) is 2.97. The molecule has 0 atom stereocenters. The highest BCUT2D eigenvalue weighted by molar-refractivity contribution is 5.95. The third-order valence-corrected chi connectivity index (χ3v) is 4.37. The van der Waals surface area contributed by atoms with Crippen molar-refractivity contribution in [3.05, 3.63) is 77.1 Å². The van der Waals surface area contributed by atoms with E-state index in [2.05, 4.69) is 16.5 Å². The number of aryl methyl sites for hydroxylation is 1. The van der Waals surface area contributed by atoms with Crippen LogP contribution in [0.1, 0.15) is 27.2 Å². The molecule has 1 aromatic heterocycles. The SMILES string of the molecule is COc1ccc(C)cc1CCNC(=O)c1cnn(-c2ccccc2)c1C. The Morgan fingerprint density at radius 1 is 1.15 bits per heavy atom. The lowest BCUT2D eigenvalue weighted by Crippen LogP contribution is -2.26. The molecule has 3 aromatic rings. The second kappa shape index (κ2) is 7.87. The largest absolute Gasteiger partial charge is 0.496 e. The fourth-order valence-electron chi connectivity index (χ4n) is 2.97. The van der Waals surface area contributed by atoms with Crippen LogP contribution in [0.25, 0.3) is 5.69 Å². The number of methoxy groups -OCH3 is 1. The van der Waals surface area contributed by atoms with Crippen LogP contribution in [0.2, 0.25) is 0 Å². The summed E-state index contributed by atoms with van der Waals surface area (Å²) < 4.78 is 7.16. The minimum Gasteiger partial charge on any atom is -0.496 e. The molecule has 0 radical (unpaired) electrons. The summed E-state index contributed by atoms with van der Waals surface area (Å²) in [5.41, 5.74) is 4.61. The van der Waals surface area contributed by atoms with Gasteiger partial charge in [-0.1, -0.05) is 35.9 Å². The van der Waals surface area contributed by atoms with Gasteiger partial charge in [-0.3, -0.25) is 4.79 Å². The van der Waals surface area contributed by atoms with Gasteiger partial charge in [0.25, 0.3) is 5.91 Å². The van der Waals surface area contributed by atoms with Gasteiger partial charge in [-0.05, 0) is 44.0 Å². The van der Waals surface area contributed by atoms with E-state index in [0.717, 1.165) is 22.7 Å². The number of para-hydroxylation sites is 1. The van der Waals surface area contributed by atoms with E-state index in [1.807, 2.05) is 56.3 Å². The molecule has 0 aliphatic carbocycles. The molecule has 2 aromatic carbocycles. The first kappa shape index (κ1) is 17.7. The van der Waals surface area contributed by atoms with E-state index in [4.69, 9.17) is 4.74 Å².